The van der Waals surface area contributed by atoms with Gasteiger partial charge in [-0.2, -0.15) is 10.4 Å². The zero-order chi connectivity index (χ0) is 24.0. The Morgan fingerprint density at radius 1 is 1.29 bits per heavy atom. The molecule has 4 heterocycles. The van der Waals surface area contributed by atoms with Crippen molar-refractivity contribution in [1.82, 2.24) is 29.6 Å². The average Bonchev–Trinajstić information content (AvgIpc) is 3.52. The maximum Gasteiger partial charge on any atom is 0.163 e. The topological polar surface area (TPSA) is 117 Å². The van der Waals surface area contributed by atoms with E-state index in [1.54, 1.807) is 42.7 Å². The van der Waals surface area contributed by atoms with Crippen LogP contribution in [-0.4, -0.2) is 54.7 Å². The number of aryl methyl sites for hydroxylation is 1. The summed E-state index contributed by atoms with van der Waals surface area (Å²) in [5.74, 6) is 0.254. The van der Waals surface area contributed by atoms with Crippen molar-refractivity contribution >= 4 is 16.7 Å². The molecule has 11 heteroatoms. The molecular formula is C23H22F2N8O. The number of aliphatic hydroxyl groups excluding tert-OH is 1. The summed E-state index contributed by atoms with van der Waals surface area (Å²) in [6, 6.07) is 9.40. The number of nitrogens with one attached hydrogen (secondary N) is 2. The zero-order valence-corrected chi connectivity index (χ0v) is 18.5. The lowest BCUT2D eigenvalue weighted by molar-refractivity contribution is 0.198. The number of nitrogens with zero attached hydrogens (tertiary/aromatic N) is 6. The van der Waals surface area contributed by atoms with Crippen LogP contribution in [0.2, 0.25) is 0 Å². The van der Waals surface area contributed by atoms with Gasteiger partial charge in [0.15, 0.2) is 11.5 Å². The lowest BCUT2D eigenvalue weighted by atomic mass is 10.1. The van der Waals surface area contributed by atoms with Gasteiger partial charge in [0.1, 0.15) is 30.2 Å². The highest BCUT2D eigenvalue weighted by atomic mass is 19.1. The molecule has 1 saturated heterocycles. The molecule has 1 aromatic carbocycles. The van der Waals surface area contributed by atoms with Gasteiger partial charge in [-0.15, -0.1) is 0 Å². The molecule has 3 N–H and O–H groups in total. The van der Waals surface area contributed by atoms with E-state index in [1.807, 2.05) is 6.07 Å². The molecule has 3 atom stereocenters. The van der Waals surface area contributed by atoms with Crippen molar-refractivity contribution in [1.29, 1.82) is 5.26 Å². The molecule has 0 radical (unpaired) electrons. The van der Waals surface area contributed by atoms with E-state index in [2.05, 4.69) is 25.7 Å². The number of hydrogen-bond acceptors (Lipinski definition) is 7. The van der Waals surface area contributed by atoms with Crippen LogP contribution in [0.1, 0.15) is 30.0 Å². The maximum atomic E-state index is 14.9. The molecule has 0 aliphatic carbocycles. The van der Waals surface area contributed by atoms with Crippen LogP contribution < -0.4 is 10.6 Å². The fourth-order valence-corrected chi connectivity index (χ4v) is 4.13. The number of nitriles is 1. The van der Waals surface area contributed by atoms with E-state index in [1.165, 1.54) is 17.1 Å². The van der Waals surface area contributed by atoms with E-state index in [9.17, 15) is 19.1 Å². The third-order valence-corrected chi connectivity index (χ3v) is 5.91. The Balaban J connectivity index is 1.58. The van der Waals surface area contributed by atoms with E-state index in [4.69, 9.17) is 0 Å². The first-order chi connectivity index (χ1) is 16.4. The van der Waals surface area contributed by atoms with Crippen LogP contribution in [-0.2, 0) is 0 Å². The lowest BCUT2D eigenvalue weighted by Crippen LogP contribution is -2.29. The third-order valence-electron chi connectivity index (χ3n) is 5.91. The summed E-state index contributed by atoms with van der Waals surface area (Å²) < 4.78 is 32.0. The van der Waals surface area contributed by atoms with Crippen molar-refractivity contribution in [3.05, 3.63) is 59.4 Å². The van der Waals surface area contributed by atoms with E-state index in [-0.39, 0.29) is 17.9 Å². The predicted molar refractivity (Wildman–Crippen MR) is 121 cm³/mol. The smallest absolute Gasteiger partial charge is 0.163 e. The van der Waals surface area contributed by atoms with Gasteiger partial charge in [-0.05, 0) is 38.1 Å². The summed E-state index contributed by atoms with van der Waals surface area (Å²) in [6.07, 6.45) is -0.413. The number of pyridine rings is 1. The van der Waals surface area contributed by atoms with Crippen LogP contribution in [0.5, 0.6) is 0 Å². The maximum absolute atomic E-state index is 14.9. The second-order valence-electron chi connectivity index (χ2n) is 8.31. The molecule has 1 aliphatic rings. The van der Waals surface area contributed by atoms with Crippen LogP contribution in [0.25, 0.3) is 22.7 Å². The van der Waals surface area contributed by atoms with E-state index < -0.39 is 24.1 Å². The summed E-state index contributed by atoms with van der Waals surface area (Å²) in [5.41, 5.74) is 2.59. The number of anilines is 1. The standard InChI is InChI=1S/C23H22F2N8O/c1-12-5-14(8-26)31-33(12)23-15(13(2)34)3-4-22(30-23)32-11-28-19-7-18(16(24)6-21(19)32)29-20-10-27-9-17(20)25/h3-7,11,13,17,20,27,29,34H,9-10H2,1-2H3/t13?,17-,20+/m1/s1. The Morgan fingerprint density at radius 3 is 2.79 bits per heavy atom. The molecule has 1 unspecified atom stereocenters. The van der Waals surface area contributed by atoms with Crippen molar-refractivity contribution in [2.24, 2.45) is 0 Å². The molecule has 0 spiro atoms. The molecule has 0 saturated carbocycles. The molecule has 5 rings (SSSR count). The Labute approximate surface area is 193 Å². The summed E-state index contributed by atoms with van der Waals surface area (Å²) in [7, 11) is 0. The van der Waals surface area contributed by atoms with Crippen molar-refractivity contribution < 1.29 is 13.9 Å². The normalized spacial score (nSPS) is 18.8. The van der Waals surface area contributed by atoms with Gasteiger partial charge < -0.3 is 15.7 Å². The second kappa shape index (κ2) is 8.48. The molecule has 1 fully saturated rings. The van der Waals surface area contributed by atoms with Crippen LogP contribution in [0.4, 0.5) is 14.5 Å². The number of benzene rings is 1. The SMILES string of the molecule is Cc1cc(C#N)nn1-c1nc(-n2cnc3cc(N[C@H]4CNC[C@H]4F)c(F)cc32)ccc1C(C)O. The minimum absolute atomic E-state index is 0.184. The van der Waals surface area contributed by atoms with Crippen molar-refractivity contribution in [3.8, 4) is 17.7 Å². The quantitative estimate of drug-likeness (QED) is 0.416. The van der Waals surface area contributed by atoms with Gasteiger partial charge in [0.25, 0.3) is 0 Å². The number of fused-ring (bicyclic) bond motifs is 1. The minimum Gasteiger partial charge on any atom is -0.389 e. The van der Waals surface area contributed by atoms with Gasteiger partial charge in [0, 0.05) is 30.4 Å². The zero-order valence-electron chi connectivity index (χ0n) is 18.5. The Hall–Kier alpha value is -3.88. The summed E-state index contributed by atoms with van der Waals surface area (Å²) in [5, 5.41) is 29.6. The predicted octanol–water partition coefficient (Wildman–Crippen LogP) is 2.70. The molecule has 34 heavy (non-hydrogen) atoms. The molecule has 0 bridgehead atoms. The summed E-state index contributed by atoms with van der Waals surface area (Å²) in [4.78, 5) is 9.05. The number of hydrogen-bond donors (Lipinski definition) is 3. The van der Waals surface area contributed by atoms with E-state index >= 15 is 0 Å². The first-order valence-electron chi connectivity index (χ1n) is 10.8. The molecule has 3 aromatic heterocycles. The first kappa shape index (κ1) is 21.9. The summed E-state index contributed by atoms with van der Waals surface area (Å²) in [6.45, 7) is 4.04. The monoisotopic (exact) mass is 464 g/mol. The molecule has 9 nitrogen and oxygen atoms in total. The average molecular weight is 464 g/mol. The van der Waals surface area contributed by atoms with Gasteiger partial charge in [0.2, 0.25) is 0 Å². The van der Waals surface area contributed by atoms with Crippen LogP contribution in [0.15, 0.2) is 36.7 Å². The molecular weight excluding hydrogens is 442 g/mol. The summed E-state index contributed by atoms with van der Waals surface area (Å²) >= 11 is 0. The number of aliphatic hydroxyl groups is 1. The van der Waals surface area contributed by atoms with Crippen molar-refractivity contribution in [2.75, 3.05) is 18.4 Å². The first-order valence-corrected chi connectivity index (χ1v) is 10.8. The van der Waals surface area contributed by atoms with Crippen LogP contribution >= 0.6 is 0 Å². The van der Waals surface area contributed by atoms with E-state index in [0.717, 1.165) is 0 Å². The van der Waals surface area contributed by atoms with Gasteiger partial charge in [-0.3, -0.25) is 4.57 Å². The minimum atomic E-state index is -1.10. The molecule has 0 amide bonds. The molecule has 1 aliphatic heterocycles. The van der Waals surface area contributed by atoms with Crippen LogP contribution in [0, 0.1) is 24.1 Å². The Morgan fingerprint density at radius 2 is 2.12 bits per heavy atom. The highest BCUT2D eigenvalue weighted by Gasteiger charge is 2.27. The second-order valence-corrected chi connectivity index (χ2v) is 8.31. The fourth-order valence-electron chi connectivity index (χ4n) is 4.13. The van der Waals surface area contributed by atoms with Gasteiger partial charge in [-0.1, -0.05) is 0 Å². The number of halogens is 2. The van der Waals surface area contributed by atoms with Gasteiger partial charge in [-0.25, -0.2) is 23.4 Å². The number of rotatable bonds is 5. The Bertz CT molecular complexity index is 1420. The number of alkyl halides is 1. The van der Waals surface area contributed by atoms with Crippen molar-refractivity contribution in [2.45, 2.75) is 32.2 Å². The fraction of sp³-hybridized carbons (Fsp3) is 0.304. The highest BCUT2D eigenvalue weighted by molar-refractivity contribution is 5.81. The molecule has 4 aromatic rings. The van der Waals surface area contributed by atoms with Crippen LogP contribution in [0.3, 0.4) is 0 Å². The lowest BCUT2D eigenvalue weighted by Gasteiger charge is -2.16. The third kappa shape index (κ3) is 3.76. The largest absolute Gasteiger partial charge is 0.389 e. The highest BCUT2D eigenvalue weighted by Crippen LogP contribution is 2.28. The van der Waals surface area contributed by atoms with E-state index in [0.29, 0.717) is 40.5 Å². The molecule has 174 valence electrons. The van der Waals surface area contributed by atoms with Crippen molar-refractivity contribution in [3.63, 3.8) is 0 Å². The number of imidazole rings is 1. The Kier molecular flexibility index (Phi) is 5.47. The number of aromatic nitrogens is 5. The van der Waals surface area contributed by atoms with Gasteiger partial charge in [0.05, 0.1) is 28.9 Å². The van der Waals surface area contributed by atoms with Gasteiger partial charge >= 0.3 is 0 Å².